The van der Waals surface area contributed by atoms with Crippen molar-refractivity contribution >= 4 is 22.9 Å². The lowest BCUT2D eigenvalue weighted by Crippen LogP contribution is -2.24. The highest BCUT2D eigenvalue weighted by molar-refractivity contribution is 5.80. The molecular formula is C17H21N7. The lowest BCUT2D eigenvalue weighted by atomic mass is 9.96. The van der Waals surface area contributed by atoms with Gasteiger partial charge in [0.2, 0.25) is 17.8 Å². The van der Waals surface area contributed by atoms with Crippen molar-refractivity contribution in [1.82, 2.24) is 24.5 Å². The Hall–Kier alpha value is -2.70. The molecule has 7 heteroatoms. The number of benzene rings is 1. The first-order valence-electron chi connectivity index (χ1n) is 8.43. The molecule has 1 aliphatic rings. The van der Waals surface area contributed by atoms with Crippen LogP contribution in [0.3, 0.4) is 0 Å². The molecule has 0 radical (unpaired) electrons. The van der Waals surface area contributed by atoms with Crippen LogP contribution in [0.4, 0.5) is 11.9 Å². The molecular weight excluding hydrogens is 302 g/mol. The average molecular weight is 323 g/mol. The van der Waals surface area contributed by atoms with Crippen LogP contribution >= 0.6 is 0 Å². The molecule has 0 aliphatic heterocycles. The van der Waals surface area contributed by atoms with Crippen LogP contribution in [0.15, 0.2) is 24.3 Å². The van der Waals surface area contributed by atoms with Crippen LogP contribution in [0, 0.1) is 6.92 Å². The van der Waals surface area contributed by atoms with E-state index in [9.17, 15) is 0 Å². The summed E-state index contributed by atoms with van der Waals surface area (Å²) in [4.78, 5) is 17.6. The molecule has 0 amide bonds. The number of rotatable bonds is 3. The zero-order chi connectivity index (χ0) is 16.5. The average Bonchev–Trinajstić information content (AvgIpc) is 2.92. The second-order valence-electron chi connectivity index (χ2n) is 6.28. The molecule has 24 heavy (non-hydrogen) atoms. The molecule has 0 spiro atoms. The van der Waals surface area contributed by atoms with Crippen molar-refractivity contribution in [2.75, 3.05) is 11.1 Å². The minimum Gasteiger partial charge on any atom is -0.368 e. The fourth-order valence-electron chi connectivity index (χ4n) is 3.34. The van der Waals surface area contributed by atoms with Gasteiger partial charge in [-0.15, -0.1) is 0 Å². The van der Waals surface area contributed by atoms with Crippen LogP contribution < -0.4 is 11.1 Å². The van der Waals surface area contributed by atoms with Gasteiger partial charge in [-0.1, -0.05) is 31.4 Å². The molecule has 0 unspecified atom stereocenters. The SMILES string of the molecule is Cc1nc(N)nc(-n2c(NC3CCCCC3)nc3ccccc32)n1. The van der Waals surface area contributed by atoms with Gasteiger partial charge in [-0.25, -0.2) is 9.55 Å². The van der Waals surface area contributed by atoms with E-state index in [1.54, 1.807) is 0 Å². The lowest BCUT2D eigenvalue weighted by molar-refractivity contribution is 0.460. The Morgan fingerprint density at radius 1 is 1.04 bits per heavy atom. The maximum Gasteiger partial charge on any atom is 0.242 e. The van der Waals surface area contributed by atoms with Crippen molar-refractivity contribution in [2.24, 2.45) is 0 Å². The van der Waals surface area contributed by atoms with Gasteiger partial charge in [0.25, 0.3) is 0 Å². The number of para-hydroxylation sites is 2. The van der Waals surface area contributed by atoms with Gasteiger partial charge in [0.05, 0.1) is 11.0 Å². The molecule has 0 atom stereocenters. The largest absolute Gasteiger partial charge is 0.368 e. The minimum atomic E-state index is 0.221. The zero-order valence-corrected chi connectivity index (χ0v) is 13.7. The molecule has 1 fully saturated rings. The highest BCUT2D eigenvalue weighted by Crippen LogP contribution is 2.26. The first kappa shape index (κ1) is 14.9. The highest BCUT2D eigenvalue weighted by atomic mass is 15.3. The molecule has 2 heterocycles. The molecule has 7 nitrogen and oxygen atoms in total. The Labute approximate surface area is 140 Å². The van der Waals surface area contributed by atoms with Crippen LogP contribution in [-0.2, 0) is 0 Å². The van der Waals surface area contributed by atoms with Crippen molar-refractivity contribution < 1.29 is 0 Å². The van der Waals surface area contributed by atoms with E-state index in [0.29, 0.717) is 17.8 Å². The lowest BCUT2D eigenvalue weighted by Gasteiger charge is -2.23. The molecule has 3 aromatic rings. The minimum absolute atomic E-state index is 0.221. The number of nitrogens with two attached hydrogens (primary N) is 1. The summed E-state index contributed by atoms with van der Waals surface area (Å²) in [6.07, 6.45) is 6.17. The Morgan fingerprint density at radius 2 is 1.83 bits per heavy atom. The molecule has 3 N–H and O–H groups in total. The molecule has 1 saturated carbocycles. The van der Waals surface area contributed by atoms with Crippen molar-refractivity contribution in [3.05, 3.63) is 30.1 Å². The number of nitrogens with one attached hydrogen (secondary N) is 1. The Kier molecular flexibility index (Phi) is 3.76. The van der Waals surface area contributed by atoms with Gasteiger partial charge >= 0.3 is 0 Å². The summed E-state index contributed by atoms with van der Waals surface area (Å²) in [5, 5.41) is 3.59. The fraction of sp³-hybridized carbons (Fsp3) is 0.412. The van der Waals surface area contributed by atoms with Gasteiger partial charge < -0.3 is 11.1 Å². The van der Waals surface area contributed by atoms with Crippen LogP contribution in [0.25, 0.3) is 17.0 Å². The molecule has 124 valence electrons. The predicted octanol–water partition coefficient (Wildman–Crippen LogP) is 2.85. The molecule has 0 saturated heterocycles. The van der Waals surface area contributed by atoms with E-state index in [-0.39, 0.29) is 5.95 Å². The first-order chi connectivity index (χ1) is 11.7. The predicted molar refractivity (Wildman–Crippen MR) is 94.1 cm³/mol. The molecule has 0 bridgehead atoms. The van der Waals surface area contributed by atoms with E-state index in [2.05, 4.69) is 20.3 Å². The van der Waals surface area contributed by atoms with Crippen molar-refractivity contribution in [2.45, 2.75) is 45.1 Å². The number of fused-ring (bicyclic) bond motifs is 1. The second-order valence-corrected chi connectivity index (χ2v) is 6.28. The van der Waals surface area contributed by atoms with Crippen molar-refractivity contribution in [3.63, 3.8) is 0 Å². The highest BCUT2D eigenvalue weighted by Gasteiger charge is 2.20. The van der Waals surface area contributed by atoms with E-state index in [1.807, 2.05) is 35.8 Å². The maximum atomic E-state index is 5.83. The Bertz CT molecular complexity index is 844. The fourth-order valence-corrected chi connectivity index (χ4v) is 3.34. The third kappa shape index (κ3) is 2.77. The third-order valence-electron chi connectivity index (χ3n) is 4.45. The van der Waals surface area contributed by atoms with Crippen LogP contribution in [-0.4, -0.2) is 30.5 Å². The number of nitrogen functional groups attached to an aromatic ring is 1. The number of imidazole rings is 1. The molecule has 2 aromatic heterocycles. The molecule has 4 rings (SSSR count). The number of nitrogens with zero attached hydrogens (tertiary/aromatic N) is 5. The van der Waals surface area contributed by atoms with Gasteiger partial charge in [0, 0.05) is 6.04 Å². The maximum absolute atomic E-state index is 5.83. The molecule has 1 aliphatic carbocycles. The van der Waals surface area contributed by atoms with E-state index in [4.69, 9.17) is 10.7 Å². The number of aryl methyl sites for hydroxylation is 1. The zero-order valence-electron chi connectivity index (χ0n) is 13.7. The molecule has 1 aromatic carbocycles. The summed E-state index contributed by atoms with van der Waals surface area (Å²) in [5.74, 6) is 2.10. The van der Waals surface area contributed by atoms with Crippen LogP contribution in [0.5, 0.6) is 0 Å². The normalized spacial score (nSPS) is 15.7. The second kappa shape index (κ2) is 6.07. The number of hydrogen-bond acceptors (Lipinski definition) is 6. The number of aromatic nitrogens is 5. The first-order valence-corrected chi connectivity index (χ1v) is 8.43. The quantitative estimate of drug-likeness (QED) is 0.769. The van der Waals surface area contributed by atoms with E-state index >= 15 is 0 Å². The van der Waals surface area contributed by atoms with Crippen LogP contribution in [0.1, 0.15) is 37.9 Å². The van der Waals surface area contributed by atoms with Gasteiger partial charge in [0.15, 0.2) is 0 Å². The van der Waals surface area contributed by atoms with Gasteiger partial charge in [-0.2, -0.15) is 15.0 Å². The smallest absolute Gasteiger partial charge is 0.242 e. The summed E-state index contributed by atoms with van der Waals surface area (Å²) in [6.45, 7) is 1.81. The summed E-state index contributed by atoms with van der Waals surface area (Å²) < 4.78 is 1.94. The summed E-state index contributed by atoms with van der Waals surface area (Å²) in [5.41, 5.74) is 7.70. The topological polar surface area (TPSA) is 94.5 Å². The Balaban J connectivity index is 1.83. The van der Waals surface area contributed by atoms with Gasteiger partial charge in [0.1, 0.15) is 5.82 Å². The van der Waals surface area contributed by atoms with E-state index in [1.165, 1.54) is 32.1 Å². The summed E-state index contributed by atoms with van der Waals surface area (Å²) >= 11 is 0. The number of anilines is 2. The summed E-state index contributed by atoms with van der Waals surface area (Å²) in [6, 6.07) is 8.42. The third-order valence-corrected chi connectivity index (χ3v) is 4.45. The number of hydrogen-bond donors (Lipinski definition) is 2. The van der Waals surface area contributed by atoms with Crippen molar-refractivity contribution in [3.8, 4) is 5.95 Å². The van der Waals surface area contributed by atoms with E-state index < -0.39 is 0 Å². The van der Waals surface area contributed by atoms with Gasteiger partial charge in [-0.05, 0) is 31.9 Å². The standard InChI is InChI=1S/C17H21N7/c1-11-19-15(18)23-16(20-11)24-14-10-6-5-9-13(14)22-17(24)21-12-7-3-2-4-8-12/h5-6,9-10,12H,2-4,7-8H2,1H3,(H,21,22)(H2,18,19,20,23). The monoisotopic (exact) mass is 323 g/mol. The van der Waals surface area contributed by atoms with E-state index in [0.717, 1.165) is 17.0 Å². The van der Waals surface area contributed by atoms with Gasteiger partial charge in [-0.3, -0.25) is 0 Å². The van der Waals surface area contributed by atoms with Crippen molar-refractivity contribution in [1.29, 1.82) is 0 Å². The van der Waals surface area contributed by atoms with Crippen LogP contribution in [0.2, 0.25) is 0 Å². The Morgan fingerprint density at radius 3 is 2.62 bits per heavy atom. The summed E-state index contributed by atoms with van der Waals surface area (Å²) in [7, 11) is 0.